The Labute approximate surface area is 108 Å². The van der Waals surface area contributed by atoms with Gasteiger partial charge in [0.1, 0.15) is 0 Å². The number of rotatable bonds is 5. The maximum absolute atomic E-state index is 10.8. The molecule has 0 aliphatic rings. The summed E-state index contributed by atoms with van der Waals surface area (Å²) in [5, 5.41) is 8.58. The molecule has 0 saturated carbocycles. The molecular weight excluding hydrogens is 250 g/mol. The number of carbonyl (C=O) groups excluding carboxylic acids is 1. The highest BCUT2D eigenvalue weighted by Gasteiger charge is 2.03. The molecule has 0 bridgehead atoms. The van der Waals surface area contributed by atoms with Crippen LogP contribution in [-0.4, -0.2) is 27.7 Å². The van der Waals surface area contributed by atoms with Gasteiger partial charge >= 0.3 is 5.97 Å². The van der Waals surface area contributed by atoms with Gasteiger partial charge in [-0.05, 0) is 36.4 Å². The first-order valence-electron chi connectivity index (χ1n) is 5.28. The first-order valence-corrected chi connectivity index (χ1v) is 6.27. The lowest BCUT2D eigenvalue weighted by Gasteiger charge is -2.06. The second-order valence-electron chi connectivity index (χ2n) is 3.60. The van der Waals surface area contributed by atoms with E-state index in [1.165, 1.54) is 11.8 Å². The smallest absolute Gasteiger partial charge is 0.313 e. The second kappa shape index (κ2) is 5.55. The zero-order chi connectivity index (χ0) is 13.0. The summed E-state index contributed by atoms with van der Waals surface area (Å²) >= 11 is 1.27. The lowest BCUT2D eigenvalue weighted by Crippen LogP contribution is -1.98. The Hall–Kier alpha value is -2.01. The standard InChI is InChI=1S/C13H11NO3S/c15-8-11-2-1-7-14(11)10-3-5-12(6-4-10)18-9-13(16)17/h1-8H,9H2,(H,16,17). The number of aldehydes is 1. The molecule has 0 radical (unpaired) electrons. The van der Waals surface area contributed by atoms with Crippen LogP contribution in [0, 0.1) is 0 Å². The van der Waals surface area contributed by atoms with Crippen molar-refractivity contribution in [1.82, 2.24) is 4.57 Å². The van der Waals surface area contributed by atoms with E-state index in [0.717, 1.165) is 16.9 Å². The molecule has 0 atom stereocenters. The average molecular weight is 261 g/mol. The third-order valence-corrected chi connectivity index (χ3v) is 3.38. The van der Waals surface area contributed by atoms with Gasteiger partial charge in [0.05, 0.1) is 11.4 Å². The van der Waals surface area contributed by atoms with Crippen molar-refractivity contribution in [1.29, 1.82) is 0 Å². The highest BCUT2D eigenvalue weighted by Crippen LogP contribution is 2.20. The summed E-state index contributed by atoms with van der Waals surface area (Å²) in [7, 11) is 0. The molecule has 0 saturated heterocycles. The number of aliphatic carboxylic acids is 1. The van der Waals surface area contributed by atoms with Gasteiger partial charge in [-0.2, -0.15) is 0 Å². The van der Waals surface area contributed by atoms with Crippen LogP contribution in [0.15, 0.2) is 47.5 Å². The van der Waals surface area contributed by atoms with Crippen LogP contribution in [0.4, 0.5) is 0 Å². The number of aromatic nitrogens is 1. The van der Waals surface area contributed by atoms with E-state index in [0.29, 0.717) is 5.69 Å². The summed E-state index contributed by atoms with van der Waals surface area (Å²) in [6, 6.07) is 10.9. The number of benzene rings is 1. The molecule has 2 rings (SSSR count). The van der Waals surface area contributed by atoms with Crippen LogP contribution in [0.2, 0.25) is 0 Å². The molecule has 1 N–H and O–H groups in total. The van der Waals surface area contributed by atoms with E-state index >= 15 is 0 Å². The van der Waals surface area contributed by atoms with Gasteiger partial charge in [0.25, 0.3) is 0 Å². The first-order chi connectivity index (χ1) is 8.70. The average Bonchev–Trinajstić information content (AvgIpc) is 2.85. The summed E-state index contributed by atoms with van der Waals surface area (Å²) in [6.07, 6.45) is 2.61. The lowest BCUT2D eigenvalue weighted by atomic mass is 10.3. The van der Waals surface area contributed by atoms with Crippen molar-refractivity contribution in [3.05, 3.63) is 48.3 Å². The molecule has 4 nitrogen and oxygen atoms in total. The zero-order valence-corrected chi connectivity index (χ0v) is 10.3. The number of carboxylic acids is 1. The minimum absolute atomic E-state index is 0.0441. The van der Waals surface area contributed by atoms with Gasteiger partial charge in [-0.25, -0.2) is 0 Å². The van der Waals surface area contributed by atoms with Crippen molar-refractivity contribution < 1.29 is 14.7 Å². The summed E-state index contributed by atoms with van der Waals surface area (Å²) in [5.74, 6) is -0.791. The van der Waals surface area contributed by atoms with Crippen LogP contribution in [0.5, 0.6) is 0 Å². The van der Waals surface area contributed by atoms with Crippen LogP contribution in [0.1, 0.15) is 10.5 Å². The van der Waals surface area contributed by atoms with E-state index in [4.69, 9.17) is 5.11 Å². The quantitative estimate of drug-likeness (QED) is 0.663. The van der Waals surface area contributed by atoms with Crippen molar-refractivity contribution in [3.8, 4) is 5.69 Å². The third kappa shape index (κ3) is 2.81. The van der Waals surface area contributed by atoms with Gasteiger partial charge in [-0.3, -0.25) is 9.59 Å². The first kappa shape index (κ1) is 12.4. The molecule has 0 spiro atoms. The van der Waals surface area contributed by atoms with Gasteiger partial charge in [0.2, 0.25) is 0 Å². The summed E-state index contributed by atoms with van der Waals surface area (Å²) < 4.78 is 1.78. The maximum Gasteiger partial charge on any atom is 0.313 e. The Kier molecular flexibility index (Phi) is 3.84. The van der Waals surface area contributed by atoms with E-state index < -0.39 is 5.97 Å². The van der Waals surface area contributed by atoms with Crippen molar-refractivity contribution in [2.75, 3.05) is 5.75 Å². The molecule has 0 aliphatic carbocycles. The monoisotopic (exact) mass is 261 g/mol. The largest absolute Gasteiger partial charge is 0.481 e. The Balaban J connectivity index is 2.17. The fourth-order valence-corrected chi connectivity index (χ4v) is 2.19. The number of carboxylic acid groups (broad SMARTS) is 1. The predicted molar refractivity (Wildman–Crippen MR) is 69.5 cm³/mol. The van der Waals surface area contributed by atoms with Crippen molar-refractivity contribution in [3.63, 3.8) is 0 Å². The Morgan fingerprint density at radius 3 is 2.61 bits per heavy atom. The van der Waals surface area contributed by atoms with E-state index in [-0.39, 0.29) is 5.75 Å². The van der Waals surface area contributed by atoms with Gasteiger partial charge in [0.15, 0.2) is 6.29 Å². The van der Waals surface area contributed by atoms with Crippen LogP contribution in [0.3, 0.4) is 0 Å². The summed E-state index contributed by atoms with van der Waals surface area (Å²) in [4.78, 5) is 22.2. The summed E-state index contributed by atoms with van der Waals surface area (Å²) in [6.45, 7) is 0. The van der Waals surface area contributed by atoms with Crippen LogP contribution in [-0.2, 0) is 4.79 Å². The molecule has 1 aromatic carbocycles. The lowest BCUT2D eigenvalue weighted by molar-refractivity contribution is -0.133. The molecular formula is C13H11NO3S. The van der Waals surface area contributed by atoms with Gasteiger partial charge in [-0.1, -0.05) is 0 Å². The topological polar surface area (TPSA) is 59.3 Å². The van der Waals surface area contributed by atoms with Crippen molar-refractivity contribution >= 4 is 24.0 Å². The van der Waals surface area contributed by atoms with Gasteiger partial charge in [-0.15, -0.1) is 11.8 Å². The fourth-order valence-electron chi connectivity index (χ4n) is 1.57. The molecule has 0 unspecified atom stereocenters. The minimum atomic E-state index is -0.835. The van der Waals surface area contributed by atoms with Crippen molar-refractivity contribution in [2.45, 2.75) is 4.90 Å². The van der Waals surface area contributed by atoms with Gasteiger partial charge in [0, 0.05) is 16.8 Å². The number of carbonyl (C=O) groups is 2. The maximum atomic E-state index is 10.8. The van der Waals surface area contributed by atoms with E-state index in [2.05, 4.69) is 0 Å². The van der Waals surface area contributed by atoms with E-state index in [1.807, 2.05) is 30.5 Å². The third-order valence-electron chi connectivity index (χ3n) is 2.38. The molecule has 5 heteroatoms. The van der Waals surface area contributed by atoms with Crippen molar-refractivity contribution in [2.24, 2.45) is 0 Å². The fraction of sp³-hybridized carbons (Fsp3) is 0.0769. The van der Waals surface area contributed by atoms with Crippen LogP contribution in [0.25, 0.3) is 5.69 Å². The summed E-state index contributed by atoms with van der Waals surface area (Å²) in [5.41, 5.74) is 1.46. The number of nitrogens with zero attached hydrogens (tertiary/aromatic N) is 1. The normalized spacial score (nSPS) is 10.2. The molecule has 2 aromatic rings. The molecule has 0 aliphatic heterocycles. The molecule has 1 aromatic heterocycles. The molecule has 0 amide bonds. The Bertz CT molecular complexity index is 560. The second-order valence-corrected chi connectivity index (χ2v) is 4.65. The SMILES string of the molecule is O=Cc1cccn1-c1ccc(SCC(=O)O)cc1. The molecule has 1 heterocycles. The van der Waals surface area contributed by atoms with Crippen LogP contribution < -0.4 is 0 Å². The Morgan fingerprint density at radius 2 is 2.00 bits per heavy atom. The molecule has 18 heavy (non-hydrogen) atoms. The highest BCUT2D eigenvalue weighted by atomic mass is 32.2. The number of thioether (sulfide) groups is 1. The Morgan fingerprint density at radius 1 is 1.28 bits per heavy atom. The number of hydrogen-bond donors (Lipinski definition) is 1. The predicted octanol–water partition coefficient (Wildman–Crippen LogP) is 2.47. The minimum Gasteiger partial charge on any atom is -0.481 e. The van der Waals surface area contributed by atoms with E-state index in [1.54, 1.807) is 16.7 Å². The van der Waals surface area contributed by atoms with Gasteiger partial charge < -0.3 is 9.67 Å². The van der Waals surface area contributed by atoms with E-state index in [9.17, 15) is 9.59 Å². The zero-order valence-electron chi connectivity index (χ0n) is 9.45. The molecule has 0 fully saturated rings. The number of hydrogen-bond acceptors (Lipinski definition) is 3. The molecule has 92 valence electrons. The van der Waals surface area contributed by atoms with Crippen LogP contribution >= 0.6 is 11.8 Å². The highest BCUT2D eigenvalue weighted by molar-refractivity contribution is 8.00.